The number of halogens is 1. The topological polar surface area (TPSA) is 103 Å². The molecule has 0 bridgehead atoms. The summed E-state index contributed by atoms with van der Waals surface area (Å²) in [6.07, 6.45) is 0. The number of methoxy groups -OCH3 is 3. The van der Waals surface area contributed by atoms with Gasteiger partial charge in [-0.15, -0.1) is 11.6 Å². The number of carbonyl (C=O) groups is 1. The molecule has 0 radical (unpaired) electrons. The summed E-state index contributed by atoms with van der Waals surface area (Å²) in [7, 11) is 0.447. The van der Waals surface area contributed by atoms with Gasteiger partial charge in [0.2, 0.25) is 11.7 Å². The largest absolute Gasteiger partial charge is 0.493 e. The van der Waals surface area contributed by atoms with E-state index < -0.39 is 10.0 Å². The van der Waals surface area contributed by atoms with Gasteiger partial charge in [-0.05, 0) is 24.3 Å². The van der Waals surface area contributed by atoms with Crippen molar-refractivity contribution in [3.63, 3.8) is 0 Å². The molecule has 2 N–H and O–H groups in total. The lowest BCUT2D eigenvalue weighted by Crippen LogP contribution is -2.14. The second-order valence-corrected chi connectivity index (χ2v) is 7.18. The molecule has 8 nitrogen and oxygen atoms in total. The highest BCUT2D eigenvalue weighted by atomic mass is 35.5. The third kappa shape index (κ3) is 4.95. The van der Waals surface area contributed by atoms with Crippen molar-refractivity contribution in [2.75, 3.05) is 37.2 Å². The van der Waals surface area contributed by atoms with Crippen LogP contribution >= 0.6 is 11.6 Å². The molecule has 0 aliphatic heterocycles. The fourth-order valence-electron chi connectivity index (χ4n) is 2.27. The minimum absolute atomic E-state index is 0.0140. The predicted octanol–water partition coefficient (Wildman–Crippen LogP) is 2.69. The molecule has 2 aromatic rings. The fraction of sp³-hybridized carbons (Fsp3) is 0.235. The van der Waals surface area contributed by atoms with Gasteiger partial charge in [-0.1, -0.05) is 0 Å². The zero-order chi connectivity index (χ0) is 20.0. The highest BCUT2D eigenvalue weighted by Crippen LogP contribution is 2.40. The van der Waals surface area contributed by atoms with Crippen LogP contribution in [0.5, 0.6) is 17.2 Å². The maximum absolute atomic E-state index is 12.6. The third-order valence-corrected chi connectivity index (χ3v) is 5.13. The molecule has 0 saturated carbocycles. The molecule has 0 aliphatic carbocycles. The maximum atomic E-state index is 12.6. The van der Waals surface area contributed by atoms with Crippen LogP contribution in [0, 0.1) is 0 Å². The number of alkyl halides is 1. The smallest absolute Gasteiger partial charge is 0.261 e. The van der Waals surface area contributed by atoms with Crippen molar-refractivity contribution in [1.82, 2.24) is 0 Å². The van der Waals surface area contributed by atoms with E-state index in [0.717, 1.165) is 0 Å². The standard InChI is InChI=1S/C17H19ClN2O6S/c1-24-14-8-12(9-15(25-2)17(14)26-3)20-27(22,23)13-6-4-11(5-7-13)19-16(21)10-18/h4-9,20H,10H2,1-3H3,(H,19,21). The van der Waals surface area contributed by atoms with Gasteiger partial charge in [-0.25, -0.2) is 8.42 Å². The van der Waals surface area contributed by atoms with Crippen LogP contribution in [0.25, 0.3) is 0 Å². The third-order valence-electron chi connectivity index (χ3n) is 3.49. The molecule has 0 saturated heterocycles. The molecule has 0 fully saturated rings. The zero-order valence-corrected chi connectivity index (χ0v) is 16.5. The van der Waals surface area contributed by atoms with Gasteiger partial charge in [-0.2, -0.15) is 0 Å². The molecule has 0 heterocycles. The molecule has 2 rings (SSSR count). The molecule has 0 aliphatic rings. The lowest BCUT2D eigenvalue weighted by Gasteiger charge is -2.15. The van der Waals surface area contributed by atoms with E-state index >= 15 is 0 Å². The Balaban J connectivity index is 2.29. The average Bonchev–Trinajstić information content (AvgIpc) is 2.67. The van der Waals surface area contributed by atoms with E-state index in [1.54, 1.807) is 0 Å². The Morgan fingerprint density at radius 1 is 0.963 bits per heavy atom. The first-order chi connectivity index (χ1) is 12.8. The Bertz CT molecular complexity index is 891. The molecule has 0 unspecified atom stereocenters. The molecular formula is C17H19ClN2O6S. The number of nitrogens with one attached hydrogen (secondary N) is 2. The summed E-state index contributed by atoms with van der Waals surface area (Å²) in [6, 6.07) is 8.62. The highest BCUT2D eigenvalue weighted by molar-refractivity contribution is 7.92. The van der Waals surface area contributed by atoms with Crippen LogP contribution in [-0.2, 0) is 14.8 Å². The van der Waals surface area contributed by atoms with Crippen molar-refractivity contribution in [3.05, 3.63) is 36.4 Å². The zero-order valence-electron chi connectivity index (χ0n) is 14.9. The fourth-order valence-corrected chi connectivity index (χ4v) is 3.37. The molecule has 27 heavy (non-hydrogen) atoms. The van der Waals surface area contributed by atoms with E-state index in [9.17, 15) is 13.2 Å². The van der Waals surface area contributed by atoms with Crippen LogP contribution in [0.3, 0.4) is 0 Å². The number of amides is 1. The van der Waals surface area contributed by atoms with Gasteiger partial charge in [0.15, 0.2) is 11.5 Å². The van der Waals surface area contributed by atoms with E-state index in [1.807, 2.05) is 0 Å². The predicted molar refractivity (Wildman–Crippen MR) is 103 cm³/mol. The Labute approximate surface area is 162 Å². The van der Waals surface area contributed by atoms with Gasteiger partial charge < -0.3 is 19.5 Å². The SMILES string of the molecule is COc1cc(NS(=O)(=O)c2ccc(NC(=O)CCl)cc2)cc(OC)c1OC. The van der Waals surface area contributed by atoms with Crippen molar-refractivity contribution in [2.24, 2.45) is 0 Å². The van der Waals surface area contributed by atoms with Crippen molar-refractivity contribution in [2.45, 2.75) is 4.90 Å². The lowest BCUT2D eigenvalue weighted by molar-refractivity contribution is -0.113. The number of hydrogen-bond donors (Lipinski definition) is 2. The molecule has 146 valence electrons. The van der Waals surface area contributed by atoms with Crippen LogP contribution in [0.2, 0.25) is 0 Å². The van der Waals surface area contributed by atoms with Gasteiger partial charge >= 0.3 is 0 Å². The number of rotatable bonds is 8. The van der Waals surface area contributed by atoms with Crippen LogP contribution in [0.15, 0.2) is 41.3 Å². The van der Waals surface area contributed by atoms with Gasteiger partial charge in [0.1, 0.15) is 5.88 Å². The quantitative estimate of drug-likeness (QED) is 0.644. The first-order valence-electron chi connectivity index (χ1n) is 7.63. The average molecular weight is 415 g/mol. The molecule has 0 atom stereocenters. The minimum Gasteiger partial charge on any atom is -0.493 e. The molecule has 10 heteroatoms. The van der Waals surface area contributed by atoms with Crippen molar-refractivity contribution in [3.8, 4) is 17.2 Å². The summed E-state index contributed by atoms with van der Waals surface area (Å²) in [5, 5.41) is 2.53. The number of ether oxygens (including phenoxy) is 3. The summed E-state index contributed by atoms with van der Waals surface area (Å²) in [5.41, 5.74) is 0.677. The van der Waals surface area contributed by atoms with Crippen LogP contribution in [-0.4, -0.2) is 41.5 Å². The van der Waals surface area contributed by atoms with Crippen molar-refractivity contribution < 1.29 is 27.4 Å². The van der Waals surface area contributed by atoms with E-state index in [2.05, 4.69) is 10.0 Å². The minimum atomic E-state index is -3.87. The summed E-state index contributed by atoms with van der Waals surface area (Å²) in [6.45, 7) is 0. The Hall–Kier alpha value is -2.65. The van der Waals surface area contributed by atoms with E-state index in [4.69, 9.17) is 25.8 Å². The second kappa shape index (κ2) is 8.83. The normalized spacial score (nSPS) is 10.8. The number of benzene rings is 2. The van der Waals surface area contributed by atoms with E-state index in [-0.39, 0.29) is 22.4 Å². The molecule has 2 aromatic carbocycles. The van der Waals surface area contributed by atoms with Crippen LogP contribution in [0.1, 0.15) is 0 Å². The lowest BCUT2D eigenvalue weighted by atomic mass is 10.2. The van der Waals surface area contributed by atoms with Gasteiger partial charge in [0.25, 0.3) is 10.0 Å². The summed E-state index contributed by atoms with van der Waals surface area (Å²) >= 11 is 5.42. The monoisotopic (exact) mass is 414 g/mol. The van der Waals surface area contributed by atoms with E-state index in [0.29, 0.717) is 22.9 Å². The van der Waals surface area contributed by atoms with Crippen LogP contribution < -0.4 is 24.2 Å². The molecule has 1 amide bonds. The highest BCUT2D eigenvalue weighted by Gasteiger charge is 2.18. The first-order valence-corrected chi connectivity index (χ1v) is 9.65. The maximum Gasteiger partial charge on any atom is 0.261 e. The van der Waals surface area contributed by atoms with Gasteiger partial charge in [0.05, 0.1) is 31.9 Å². The van der Waals surface area contributed by atoms with Gasteiger partial charge in [-0.3, -0.25) is 9.52 Å². The number of carbonyl (C=O) groups excluding carboxylic acids is 1. The number of hydrogen-bond acceptors (Lipinski definition) is 6. The number of anilines is 2. The second-order valence-electron chi connectivity index (χ2n) is 5.23. The summed E-state index contributed by atoms with van der Waals surface area (Å²) in [5.74, 6) is 0.399. The van der Waals surface area contributed by atoms with Gasteiger partial charge in [0, 0.05) is 17.8 Å². The Kier molecular flexibility index (Phi) is 6.75. The summed E-state index contributed by atoms with van der Waals surface area (Å²) in [4.78, 5) is 11.3. The van der Waals surface area contributed by atoms with Crippen molar-refractivity contribution in [1.29, 1.82) is 0 Å². The molecule has 0 spiro atoms. The van der Waals surface area contributed by atoms with Crippen molar-refractivity contribution >= 4 is 38.9 Å². The molecular weight excluding hydrogens is 396 g/mol. The number of sulfonamides is 1. The Morgan fingerprint density at radius 3 is 1.96 bits per heavy atom. The summed E-state index contributed by atoms with van der Waals surface area (Å²) < 4.78 is 43.3. The first kappa shape index (κ1) is 20.7. The Morgan fingerprint density at radius 2 is 1.52 bits per heavy atom. The van der Waals surface area contributed by atoms with E-state index in [1.165, 1.54) is 57.7 Å². The molecule has 0 aromatic heterocycles. The van der Waals surface area contributed by atoms with Crippen LogP contribution in [0.4, 0.5) is 11.4 Å².